The highest BCUT2D eigenvalue weighted by Gasteiger charge is 2.37. The third-order valence-electron chi connectivity index (χ3n) is 2.51. The molecule has 0 aromatic carbocycles. The van der Waals surface area contributed by atoms with Crippen molar-refractivity contribution in [2.24, 2.45) is 4.99 Å². The number of rotatable bonds is 1. The van der Waals surface area contributed by atoms with Crippen molar-refractivity contribution >= 4 is 16.9 Å². The van der Waals surface area contributed by atoms with Gasteiger partial charge in [0, 0.05) is 19.3 Å². The molecule has 2 N–H and O–H groups in total. The van der Waals surface area contributed by atoms with Gasteiger partial charge in [-0.15, -0.1) is 0 Å². The summed E-state index contributed by atoms with van der Waals surface area (Å²) >= 11 is 1.65. The average molecular weight is 202 g/mol. The molecule has 0 heterocycles. The topological polar surface area (TPSA) is 44.6 Å². The highest BCUT2D eigenvalue weighted by molar-refractivity contribution is 8.14. The molecule has 0 saturated heterocycles. The van der Waals surface area contributed by atoms with Crippen LogP contribution in [0, 0.1) is 0 Å². The summed E-state index contributed by atoms with van der Waals surface area (Å²) in [7, 11) is 3.63. The van der Waals surface area contributed by atoms with E-state index in [1.807, 2.05) is 14.0 Å². The molecule has 0 spiro atoms. The predicted octanol–water partition coefficient (Wildman–Crippen LogP) is 1.23. The molecular formula is C9H18N2OS. The van der Waals surface area contributed by atoms with Gasteiger partial charge in [0.2, 0.25) is 0 Å². The molecular weight excluding hydrogens is 184 g/mol. The van der Waals surface area contributed by atoms with Crippen molar-refractivity contribution in [1.82, 2.24) is 5.32 Å². The minimum Gasteiger partial charge on any atom is -0.389 e. The normalized spacial score (nSPS) is 35.1. The molecule has 76 valence electrons. The average Bonchev–Trinajstić information content (AvgIpc) is 2.41. The predicted molar refractivity (Wildman–Crippen MR) is 58.3 cm³/mol. The van der Waals surface area contributed by atoms with E-state index >= 15 is 0 Å². The third kappa shape index (κ3) is 2.61. The van der Waals surface area contributed by atoms with Crippen molar-refractivity contribution in [3.63, 3.8) is 0 Å². The Morgan fingerprint density at radius 3 is 2.77 bits per heavy atom. The Morgan fingerprint density at radius 1 is 1.69 bits per heavy atom. The van der Waals surface area contributed by atoms with Gasteiger partial charge in [0.15, 0.2) is 5.17 Å². The Morgan fingerprint density at radius 2 is 2.38 bits per heavy atom. The van der Waals surface area contributed by atoms with E-state index in [4.69, 9.17) is 0 Å². The number of hydrogen-bond donors (Lipinski definition) is 2. The van der Waals surface area contributed by atoms with Gasteiger partial charge in [0.25, 0.3) is 0 Å². The lowest BCUT2D eigenvalue weighted by molar-refractivity contribution is 0.0736. The molecule has 1 aliphatic carbocycles. The van der Waals surface area contributed by atoms with E-state index in [-0.39, 0.29) is 0 Å². The molecule has 1 aliphatic rings. The summed E-state index contributed by atoms with van der Waals surface area (Å²) in [5, 5.41) is 14.2. The van der Waals surface area contributed by atoms with E-state index in [0.29, 0.717) is 5.25 Å². The molecule has 2 unspecified atom stereocenters. The molecule has 0 bridgehead atoms. The van der Waals surface area contributed by atoms with Gasteiger partial charge in [0.05, 0.1) is 5.60 Å². The van der Waals surface area contributed by atoms with Gasteiger partial charge in [-0.1, -0.05) is 11.8 Å². The summed E-state index contributed by atoms with van der Waals surface area (Å²) in [5.74, 6) is 0. The zero-order chi connectivity index (χ0) is 9.90. The summed E-state index contributed by atoms with van der Waals surface area (Å²) in [6, 6.07) is 0. The number of nitrogens with zero attached hydrogens (tertiary/aromatic N) is 1. The minimum absolute atomic E-state index is 0.290. The van der Waals surface area contributed by atoms with Crippen molar-refractivity contribution in [3.8, 4) is 0 Å². The number of hydrogen-bond acceptors (Lipinski definition) is 3. The maximum Gasteiger partial charge on any atom is 0.156 e. The van der Waals surface area contributed by atoms with Crippen LogP contribution in [0.3, 0.4) is 0 Å². The van der Waals surface area contributed by atoms with E-state index in [1.165, 1.54) is 0 Å². The van der Waals surface area contributed by atoms with Crippen LogP contribution in [0.4, 0.5) is 0 Å². The molecule has 0 aliphatic heterocycles. The summed E-state index contributed by atoms with van der Waals surface area (Å²) in [5.41, 5.74) is -0.516. The lowest BCUT2D eigenvalue weighted by Gasteiger charge is -2.24. The summed E-state index contributed by atoms with van der Waals surface area (Å²) < 4.78 is 0. The van der Waals surface area contributed by atoms with Crippen molar-refractivity contribution in [2.75, 3.05) is 14.1 Å². The van der Waals surface area contributed by atoms with Gasteiger partial charge in [-0.3, -0.25) is 4.99 Å². The molecule has 0 amide bonds. The number of aliphatic hydroxyl groups is 1. The number of aliphatic imine (C=N–C) groups is 1. The van der Waals surface area contributed by atoms with Crippen LogP contribution in [0.2, 0.25) is 0 Å². The van der Waals surface area contributed by atoms with Gasteiger partial charge in [0.1, 0.15) is 0 Å². The molecule has 2 atom stereocenters. The molecule has 13 heavy (non-hydrogen) atoms. The summed E-state index contributed by atoms with van der Waals surface area (Å²) in [6.45, 7) is 1.92. The maximum atomic E-state index is 9.99. The Hall–Kier alpha value is -0.220. The molecule has 3 nitrogen and oxygen atoms in total. The molecule has 1 rings (SSSR count). The minimum atomic E-state index is -0.516. The van der Waals surface area contributed by atoms with Crippen LogP contribution in [0.25, 0.3) is 0 Å². The van der Waals surface area contributed by atoms with Crippen LogP contribution >= 0.6 is 11.8 Å². The standard InChI is InChI=1S/C9H18N2OS/c1-9(12)6-4-5-7(9)13-8(10-2)11-3/h7,12H,4-6H2,1-3H3,(H,10,11). The molecule has 0 aromatic heterocycles. The van der Waals surface area contributed by atoms with E-state index < -0.39 is 5.60 Å². The van der Waals surface area contributed by atoms with E-state index in [9.17, 15) is 5.11 Å². The van der Waals surface area contributed by atoms with Gasteiger partial charge < -0.3 is 10.4 Å². The fourth-order valence-electron chi connectivity index (χ4n) is 1.66. The lowest BCUT2D eigenvalue weighted by Crippen LogP contribution is -2.33. The van der Waals surface area contributed by atoms with Crippen molar-refractivity contribution < 1.29 is 5.11 Å². The zero-order valence-electron chi connectivity index (χ0n) is 8.50. The highest BCUT2D eigenvalue weighted by Crippen LogP contribution is 2.38. The number of amidine groups is 1. The highest BCUT2D eigenvalue weighted by atomic mass is 32.2. The zero-order valence-corrected chi connectivity index (χ0v) is 9.32. The van der Waals surface area contributed by atoms with E-state index in [2.05, 4.69) is 10.3 Å². The first kappa shape index (κ1) is 10.9. The largest absolute Gasteiger partial charge is 0.389 e. The Labute approximate surface area is 84.0 Å². The van der Waals surface area contributed by atoms with E-state index in [0.717, 1.165) is 24.4 Å². The maximum absolute atomic E-state index is 9.99. The Balaban J connectivity index is 2.53. The first-order valence-corrected chi connectivity index (χ1v) is 5.51. The van der Waals surface area contributed by atoms with Gasteiger partial charge in [-0.25, -0.2) is 0 Å². The van der Waals surface area contributed by atoms with Crippen LogP contribution in [-0.4, -0.2) is 35.2 Å². The van der Waals surface area contributed by atoms with Gasteiger partial charge in [-0.05, 0) is 26.2 Å². The lowest BCUT2D eigenvalue weighted by atomic mass is 10.1. The second kappa shape index (κ2) is 4.33. The van der Waals surface area contributed by atoms with Gasteiger partial charge >= 0.3 is 0 Å². The van der Waals surface area contributed by atoms with Crippen molar-refractivity contribution in [2.45, 2.75) is 37.0 Å². The quantitative estimate of drug-likeness (QED) is 0.496. The first-order chi connectivity index (χ1) is 6.10. The van der Waals surface area contributed by atoms with Crippen LogP contribution in [0.1, 0.15) is 26.2 Å². The van der Waals surface area contributed by atoms with Crippen LogP contribution < -0.4 is 5.32 Å². The Bertz CT molecular complexity index is 204. The SMILES string of the molecule is CN=C(NC)SC1CCCC1(C)O. The van der Waals surface area contributed by atoms with Crippen molar-refractivity contribution in [1.29, 1.82) is 0 Å². The Kier molecular flexibility index (Phi) is 3.62. The molecule has 1 fully saturated rings. The second-order valence-corrected chi connectivity index (χ2v) is 4.83. The van der Waals surface area contributed by atoms with Crippen LogP contribution in [-0.2, 0) is 0 Å². The second-order valence-electron chi connectivity index (χ2n) is 3.63. The smallest absolute Gasteiger partial charge is 0.156 e. The number of nitrogens with one attached hydrogen (secondary N) is 1. The third-order valence-corrected chi connectivity index (χ3v) is 4.15. The first-order valence-electron chi connectivity index (χ1n) is 4.63. The van der Waals surface area contributed by atoms with Crippen molar-refractivity contribution in [3.05, 3.63) is 0 Å². The monoisotopic (exact) mass is 202 g/mol. The molecule has 1 saturated carbocycles. The fourth-order valence-corrected chi connectivity index (χ4v) is 2.81. The summed E-state index contributed by atoms with van der Waals surface area (Å²) in [4.78, 5) is 4.09. The van der Waals surface area contributed by atoms with Gasteiger partial charge in [-0.2, -0.15) is 0 Å². The molecule has 0 aromatic rings. The molecule has 0 radical (unpaired) electrons. The van der Waals surface area contributed by atoms with E-state index in [1.54, 1.807) is 18.8 Å². The fraction of sp³-hybridized carbons (Fsp3) is 0.889. The van der Waals surface area contributed by atoms with Crippen LogP contribution in [0.5, 0.6) is 0 Å². The van der Waals surface area contributed by atoms with Crippen LogP contribution in [0.15, 0.2) is 4.99 Å². The summed E-state index contributed by atoms with van der Waals surface area (Å²) in [6.07, 6.45) is 3.11. The molecule has 4 heteroatoms. The number of thioether (sulfide) groups is 1.